The third kappa shape index (κ3) is 3.24. The lowest BCUT2D eigenvalue weighted by Crippen LogP contribution is -2.48. The number of hydrogen-bond donors (Lipinski definition) is 2. The molecule has 2 aromatic carbocycles. The summed E-state index contributed by atoms with van der Waals surface area (Å²) in [6.45, 7) is 0.712. The van der Waals surface area contributed by atoms with Gasteiger partial charge in [0, 0.05) is 29.2 Å². The summed E-state index contributed by atoms with van der Waals surface area (Å²) < 4.78 is 5.34. The van der Waals surface area contributed by atoms with Crippen molar-refractivity contribution in [3.05, 3.63) is 65.4 Å². The molecule has 1 saturated carbocycles. The third-order valence-electron chi connectivity index (χ3n) is 6.41. The van der Waals surface area contributed by atoms with Crippen LogP contribution in [-0.4, -0.2) is 35.6 Å². The second-order valence-electron chi connectivity index (χ2n) is 8.11. The minimum atomic E-state index is -0.126. The number of hydrogen-bond acceptors (Lipinski definition) is 2. The van der Waals surface area contributed by atoms with E-state index in [0.29, 0.717) is 12.6 Å². The molecule has 2 aliphatic rings. The summed E-state index contributed by atoms with van der Waals surface area (Å²) in [7, 11) is 1.67. The Morgan fingerprint density at radius 2 is 1.86 bits per heavy atom. The Labute approximate surface area is 171 Å². The molecular weight excluding hydrogens is 362 g/mol. The number of methoxy groups -OCH3 is 1. The standard InChI is InChI=1S/C24H27N3O2/c1-29-18-12-10-16(11-13-18)23-22-20(19-8-4-5-9-21(19)26-22)14-15-27(23)24(28)25-17-6-2-3-7-17/h4-5,8-13,17,23,26H,2-3,6-7,14-15H2,1H3,(H,25,28). The van der Waals surface area contributed by atoms with Crippen molar-refractivity contribution >= 4 is 16.9 Å². The van der Waals surface area contributed by atoms with Gasteiger partial charge >= 0.3 is 6.03 Å². The lowest BCUT2D eigenvalue weighted by molar-refractivity contribution is 0.175. The van der Waals surface area contributed by atoms with Gasteiger partial charge < -0.3 is 19.9 Å². The highest BCUT2D eigenvalue weighted by molar-refractivity contribution is 5.86. The number of benzene rings is 2. The average molecular weight is 389 g/mol. The molecule has 1 aliphatic heterocycles. The predicted molar refractivity (Wildman–Crippen MR) is 114 cm³/mol. The van der Waals surface area contributed by atoms with E-state index < -0.39 is 0 Å². The first-order chi connectivity index (χ1) is 14.2. The summed E-state index contributed by atoms with van der Waals surface area (Å²) in [6.07, 6.45) is 5.46. The van der Waals surface area contributed by atoms with Crippen molar-refractivity contribution in [3.8, 4) is 5.75 Å². The third-order valence-corrected chi connectivity index (χ3v) is 6.41. The number of aromatic amines is 1. The van der Waals surface area contributed by atoms with Crippen molar-refractivity contribution in [2.75, 3.05) is 13.7 Å². The zero-order valence-electron chi connectivity index (χ0n) is 16.8. The molecule has 1 fully saturated rings. The molecule has 5 nitrogen and oxygen atoms in total. The topological polar surface area (TPSA) is 57.4 Å². The van der Waals surface area contributed by atoms with Gasteiger partial charge in [-0.1, -0.05) is 43.2 Å². The number of H-pyrrole nitrogens is 1. The first kappa shape index (κ1) is 18.1. The zero-order valence-corrected chi connectivity index (χ0v) is 16.8. The smallest absolute Gasteiger partial charge is 0.318 e. The van der Waals surface area contributed by atoms with Gasteiger partial charge in [0.2, 0.25) is 0 Å². The van der Waals surface area contributed by atoms with Crippen LogP contribution in [0.4, 0.5) is 4.79 Å². The molecule has 1 atom stereocenters. The molecule has 0 bridgehead atoms. The van der Waals surface area contributed by atoms with E-state index in [1.165, 1.54) is 23.8 Å². The Bertz CT molecular complexity index is 1020. The molecule has 5 heteroatoms. The van der Waals surface area contributed by atoms with Crippen LogP contribution in [0.3, 0.4) is 0 Å². The van der Waals surface area contributed by atoms with E-state index in [1.54, 1.807) is 7.11 Å². The van der Waals surface area contributed by atoms with Crippen LogP contribution in [0.1, 0.15) is 48.5 Å². The summed E-state index contributed by atoms with van der Waals surface area (Å²) in [5.41, 5.74) is 4.68. The molecule has 2 N–H and O–H groups in total. The van der Waals surface area contributed by atoms with Crippen molar-refractivity contribution in [2.45, 2.75) is 44.2 Å². The summed E-state index contributed by atoms with van der Waals surface area (Å²) in [4.78, 5) is 18.9. The van der Waals surface area contributed by atoms with E-state index in [9.17, 15) is 4.79 Å². The second-order valence-corrected chi connectivity index (χ2v) is 8.11. The Hall–Kier alpha value is -2.95. The van der Waals surface area contributed by atoms with Crippen molar-refractivity contribution in [3.63, 3.8) is 0 Å². The molecule has 5 rings (SSSR count). The Kier molecular flexibility index (Phi) is 4.66. The van der Waals surface area contributed by atoms with Gasteiger partial charge in [-0.25, -0.2) is 4.79 Å². The molecule has 0 radical (unpaired) electrons. The van der Waals surface area contributed by atoms with E-state index >= 15 is 0 Å². The van der Waals surface area contributed by atoms with Crippen molar-refractivity contribution in [1.82, 2.24) is 15.2 Å². The number of para-hydroxylation sites is 1. The van der Waals surface area contributed by atoms with Gasteiger partial charge in [0.25, 0.3) is 0 Å². The summed E-state index contributed by atoms with van der Waals surface area (Å²) in [5, 5.41) is 4.54. The number of nitrogens with zero attached hydrogens (tertiary/aromatic N) is 1. The molecule has 1 unspecified atom stereocenters. The Morgan fingerprint density at radius 1 is 1.10 bits per heavy atom. The van der Waals surface area contributed by atoms with Crippen LogP contribution >= 0.6 is 0 Å². The molecule has 0 saturated heterocycles. The fraction of sp³-hybridized carbons (Fsp3) is 0.375. The molecular formula is C24H27N3O2. The van der Waals surface area contributed by atoms with Crippen LogP contribution in [-0.2, 0) is 6.42 Å². The van der Waals surface area contributed by atoms with Crippen molar-refractivity contribution < 1.29 is 9.53 Å². The minimum absolute atomic E-state index is 0.0435. The highest BCUT2D eigenvalue weighted by Gasteiger charge is 2.35. The van der Waals surface area contributed by atoms with Gasteiger partial charge in [0.15, 0.2) is 0 Å². The molecule has 1 aromatic heterocycles. The number of urea groups is 1. The second kappa shape index (κ2) is 7.47. The van der Waals surface area contributed by atoms with Crippen LogP contribution < -0.4 is 10.1 Å². The van der Waals surface area contributed by atoms with Crippen LogP contribution in [0.2, 0.25) is 0 Å². The number of fused-ring (bicyclic) bond motifs is 3. The number of aromatic nitrogens is 1. The van der Waals surface area contributed by atoms with E-state index in [0.717, 1.165) is 41.8 Å². The lowest BCUT2D eigenvalue weighted by atomic mass is 9.92. The van der Waals surface area contributed by atoms with Gasteiger partial charge in [-0.15, -0.1) is 0 Å². The number of ether oxygens (including phenoxy) is 1. The Balaban J connectivity index is 1.55. The first-order valence-corrected chi connectivity index (χ1v) is 10.5. The summed E-state index contributed by atoms with van der Waals surface area (Å²) in [5.74, 6) is 0.823. The lowest BCUT2D eigenvalue weighted by Gasteiger charge is -2.37. The minimum Gasteiger partial charge on any atom is -0.497 e. The quantitative estimate of drug-likeness (QED) is 0.677. The Morgan fingerprint density at radius 3 is 2.62 bits per heavy atom. The largest absolute Gasteiger partial charge is 0.497 e. The maximum Gasteiger partial charge on any atom is 0.318 e. The molecule has 2 amide bonds. The number of nitrogens with one attached hydrogen (secondary N) is 2. The summed E-state index contributed by atoms with van der Waals surface area (Å²) >= 11 is 0. The number of carbonyl (C=O) groups excluding carboxylic acids is 1. The van der Waals surface area contributed by atoms with Crippen LogP contribution in [0.5, 0.6) is 5.75 Å². The van der Waals surface area contributed by atoms with Gasteiger partial charge in [-0.2, -0.15) is 0 Å². The fourth-order valence-electron chi connectivity index (χ4n) is 4.92. The monoisotopic (exact) mass is 389 g/mol. The SMILES string of the molecule is COc1ccc(C2c3[nH]c4ccccc4c3CCN2C(=O)NC2CCCC2)cc1. The van der Waals surface area contributed by atoms with Gasteiger partial charge in [0.05, 0.1) is 13.2 Å². The molecule has 3 aromatic rings. The number of rotatable bonds is 3. The predicted octanol–water partition coefficient (Wildman–Crippen LogP) is 4.78. The van der Waals surface area contributed by atoms with E-state index in [1.807, 2.05) is 17.0 Å². The molecule has 1 aliphatic carbocycles. The molecule has 29 heavy (non-hydrogen) atoms. The van der Waals surface area contributed by atoms with Gasteiger partial charge in [-0.3, -0.25) is 0 Å². The normalized spacial score (nSPS) is 19.3. The fourth-order valence-corrected chi connectivity index (χ4v) is 4.92. The van der Waals surface area contributed by atoms with Gasteiger partial charge in [-0.05, 0) is 48.6 Å². The zero-order chi connectivity index (χ0) is 19.8. The first-order valence-electron chi connectivity index (χ1n) is 10.5. The average Bonchev–Trinajstić information content (AvgIpc) is 3.40. The molecule has 0 spiro atoms. The van der Waals surface area contributed by atoms with Crippen molar-refractivity contribution in [1.29, 1.82) is 0 Å². The summed E-state index contributed by atoms with van der Waals surface area (Å²) in [6, 6.07) is 16.7. The number of amides is 2. The van der Waals surface area contributed by atoms with Crippen LogP contribution in [0, 0.1) is 0 Å². The molecule has 150 valence electrons. The maximum atomic E-state index is 13.3. The van der Waals surface area contributed by atoms with Crippen LogP contribution in [0.25, 0.3) is 10.9 Å². The molecule has 2 heterocycles. The van der Waals surface area contributed by atoms with Gasteiger partial charge in [0.1, 0.15) is 5.75 Å². The highest BCUT2D eigenvalue weighted by Crippen LogP contribution is 2.39. The van der Waals surface area contributed by atoms with Crippen LogP contribution in [0.15, 0.2) is 48.5 Å². The van der Waals surface area contributed by atoms with E-state index in [-0.39, 0.29) is 12.1 Å². The highest BCUT2D eigenvalue weighted by atomic mass is 16.5. The van der Waals surface area contributed by atoms with Crippen molar-refractivity contribution in [2.24, 2.45) is 0 Å². The maximum absolute atomic E-state index is 13.3. The number of carbonyl (C=O) groups is 1. The van der Waals surface area contributed by atoms with E-state index in [2.05, 4.69) is 46.7 Å². The van der Waals surface area contributed by atoms with E-state index in [4.69, 9.17) is 4.74 Å².